The van der Waals surface area contributed by atoms with Crippen molar-refractivity contribution in [3.8, 4) is 0 Å². The van der Waals surface area contributed by atoms with Crippen LogP contribution in [0.2, 0.25) is 0 Å². The van der Waals surface area contributed by atoms with Crippen molar-refractivity contribution in [2.45, 2.75) is 11.8 Å². The molecular formula is C10H12BrF2N. The number of para-hydroxylation sites is 1. The van der Waals surface area contributed by atoms with Gasteiger partial charge in [0.05, 0.1) is 6.54 Å². The molecule has 0 atom stereocenters. The number of benzene rings is 1. The molecule has 0 aromatic heterocycles. The Kier molecular flexibility index (Phi) is 4.32. The van der Waals surface area contributed by atoms with Crippen LogP contribution in [0.3, 0.4) is 0 Å². The minimum atomic E-state index is -2.30. The molecule has 0 saturated heterocycles. The Balaban J connectivity index is 2.82. The van der Waals surface area contributed by atoms with Crippen molar-refractivity contribution >= 4 is 21.6 Å². The van der Waals surface area contributed by atoms with E-state index in [9.17, 15) is 8.78 Å². The lowest BCUT2D eigenvalue weighted by Gasteiger charge is -2.21. The van der Waals surface area contributed by atoms with Crippen molar-refractivity contribution in [1.29, 1.82) is 0 Å². The number of hydrogen-bond donors (Lipinski definition) is 0. The predicted molar refractivity (Wildman–Crippen MR) is 58.3 cm³/mol. The zero-order valence-electron chi connectivity index (χ0n) is 7.88. The van der Waals surface area contributed by atoms with Gasteiger partial charge >= 0.3 is 0 Å². The molecule has 14 heavy (non-hydrogen) atoms. The fourth-order valence-electron chi connectivity index (χ4n) is 1.30. The van der Waals surface area contributed by atoms with Gasteiger partial charge in [0.25, 0.3) is 6.43 Å². The summed E-state index contributed by atoms with van der Waals surface area (Å²) in [6.07, 6.45) is -2.30. The Morgan fingerprint density at radius 1 is 1.36 bits per heavy atom. The van der Waals surface area contributed by atoms with Crippen LogP contribution in [-0.4, -0.2) is 20.0 Å². The summed E-state index contributed by atoms with van der Waals surface area (Å²) in [5.41, 5.74) is 1.88. The van der Waals surface area contributed by atoms with Gasteiger partial charge in [-0.1, -0.05) is 34.1 Å². The number of anilines is 1. The lowest BCUT2D eigenvalue weighted by atomic mass is 10.2. The van der Waals surface area contributed by atoms with Gasteiger partial charge in [-0.05, 0) is 11.6 Å². The molecule has 0 aliphatic heterocycles. The molecule has 0 amide bonds. The van der Waals surface area contributed by atoms with Gasteiger partial charge in [0.1, 0.15) is 0 Å². The molecule has 1 aromatic carbocycles. The third-order valence-electron chi connectivity index (χ3n) is 1.96. The summed E-state index contributed by atoms with van der Waals surface area (Å²) in [6.45, 7) is -0.232. The number of nitrogens with zero attached hydrogens (tertiary/aromatic N) is 1. The topological polar surface area (TPSA) is 3.24 Å². The smallest absolute Gasteiger partial charge is 0.255 e. The van der Waals surface area contributed by atoms with Crippen molar-refractivity contribution in [3.63, 3.8) is 0 Å². The Bertz CT molecular complexity index is 291. The largest absolute Gasteiger partial charge is 0.369 e. The van der Waals surface area contributed by atoms with Gasteiger partial charge in [-0.2, -0.15) is 0 Å². The minimum absolute atomic E-state index is 0.232. The lowest BCUT2D eigenvalue weighted by Crippen LogP contribution is -2.24. The van der Waals surface area contributed by atoms with E-state index in [1.807, 2.05) is 24.3 Å². The van der Waals surface area contributed by atoms with E-state index in [1.54, 1.807) is 11.9 Å². The van der Waals surface area contributed by atoms with E-state index in [2.05, 4.69) is 15.9 Å². The maximum Gasteiger partial charge on any atom is 0.255 e. The number of rotatable bonds is 4. The summed E-state index contributed by atoms with van der Waals surface area (Å²) in [5, 5.41) is 0.677. The molecule has 78 valence electrons. The van der Waals surface area contributed by atoms with E-state index < -0.39 is 6.43 Å². The number of alkyl halides is 3. The highest BCUT2D eigenvalue weighted by atomic mass is 79.9. The molecule has 0 spiro atoms. The van der Waals surface area contributed by atoms with Crippen LogP contribution < -0.4 is 4.90 Å². The normalized spacial score (nSPS) is 10.6. The standard InChI is InChI=1S/C10H12BrF2N/c1-14(7-10(12)13)9-5-3-2-4-8(9)6-11/h2-5,10H,6-7H2,1H3. The average molecular weight is 264 g/mol. The Morgan fingerprint density at radius 3 is 2.57 bits per heavy atom. The molecule has 0 bridgehead atoms. The van der Waals surface area contributed by atoms with Gasteiger partial charge < -0.3 is 4.90 Å². The van der Waals surface area contributed by atoms with Crippen molar-refractivity contribution in [2.75, 3.05) is 18.5 Å². The Labute approximate surface area is 90.8 Å². The molecule has 0 aliphatic carbocycles. The van der Waals surface area contributed by atoms with Gasteiger partial charge in [-0.3, -0.25) is 0 Å². The second-order valence-electron chi connectivity index (χ2n) is 3.03. The number of hydrogen-bond acceptors (Lipinski definition) is 1. The molecule has 0 radical (unpaired) electrons. The first-order chi connectivity index (χ1) is 6.65. The Morgan fingerprint density at radius 2 is 2.00 bits per heavy atom. The second kappa shape index (κ2) is 5.29. The van der Waals surface area contributed by atoms with E-state index in [0.717, 1.165) is 11.3 Å². The lowest BCUT2D eigenvalue weighted by molar-refractivity contribution is 0.156. The molecule has 1 aromatic rings. The third-order valence-corrected chi connectivity index (χ3v) is 2.56. The minimum Gasteiger partial charge on any atom is -0.369 e. The highest BCUT2D eigenvalue weighted by Crippen LogP contribution is 2.21. The molecule has 0 saturated carbocycles. The first-order valence-corrected chi connectivity index (χ1v) is 5.40. The summed E-state index contributed by atoms with van der Waals surface area (Å²) in [4.78, 5) is 1.57. The van der Waals surface area contributed by atoms with E-state index in [4.69, 9.17) is 0 Å². The van der Waals surface area contributed by atoms with E-state index in [-0.39, 0.29) is 6.54 Å². The zero-order valence-corrected chi connectivity index (χ0v) is 9.47. The molecule has 4 heteroatoms. The van der Waals surface area contributed by atoms with Crippen LogP contribution in [0, 0.1) is 0 Å². The van der Waals surface area contributed by atoms with Crippen molar-refractivity contribution in [1.82, 2.24) is 0 Å². The molecule has 0 unspecified atom stereocenters. The summed E-state index contributed by atoms with van der Waals surface area (Å²) < 4.78 is 24.3. The summed E-state index contributed by atoms with van der Waals surface area (Å²) >= 11 is 3.33. The SMILES string of the molecule is CN(CC(F)F)c1ccccc1CBr. The monoisotopic (exact) mass is 263 g/mol. The molecule has 0 fully saturated rings. The average Bonchev–Trinajstić information content (AvgIpc) is 2.16. The number of halogens is 3. The quantitative estimate of drug-likeness (QED) is 0.754. The van der Waals surface area contributed by atoms with Gasteiger partial charge in [-0.15, -0.1) is 0 Å². The maximum absolute atomic E-state index is 12.2. The van der Waals surface area contributed by atoms with Crippen LogP contribution >= 0.6 is 15.9 Å². The molecule has 1 rings (SSSR count). The fraction of sp³-hybridized carbons (Fsp3) is 0.400. The van der Waals surface area contributed by atoms with Crippen molar-refractivity contribution in [2.24, 2.45) is 0 Å². The highest BCUT2D eigenvalue weighted by molar-refractivity contribution is 9.08. The van der Waals surface area contributed by atoms with Gasteiger partial charge in [0, 0.05) is 18.1 Å². The predicted octanol–water partition coefficient (Wildman–Crippen LogP) is 3.28. The zero-order chi connectivity index (χ0) is 10.6. The third kappa shape index (κ3) is 2.94. The van der Waals surface area contributed by atoms with Crippen molar-refractivity contribution < 1.29 is 8.78 Å². The molecular weight excluding hydrogens is 252 g/mol. The molecule has 1 nitrogen and oxygen atoms in total. The summed E-state index contributed by atoms with van der Waals surface area (Å²) in [7, 11) is 1.67. The van der Waals surface area contributed by atoms with Crippen LogP contribution in [0.15, 0.2) is 24.3 Å². The van der Waals surface area contributed by atoms with Gasteiger partial charge in [0.2, 0.25) is 0 Å². The van der Waals surface area contributed by atoms with Crippen LogP contribution in [0.25, 0.3) is 0 Å². The summed E-state index contributed by atoms with van der Waals surface area (Å²) in [5.74, 6) is 0. The molecule has 0 aliphatic rings. The first-order valence-electron chi connectivity index (χ1n) is 4.28. The van der Waals surface area contributed by atoms with Crippen LogP contribution in [0.1, 0.15) is 5.56 Å². The van der Waals surface area contributed by atoms with E-state index >= 15 is 0 Å². The van der Waals surface area contributed by atoms with E-state index in [1.165, 1.54) is 0 Å². The van der Waals surface area contributed by atoms with Gasteiger partial charge in [0.15, 0.2) is 0 Å². The fourth-order valence-corrected chi connectivity index (χ4v) is 1.78. The highest BCUT2D eigenvalue weighted by Gasteiger charge is 2.10. The second-order valence-corrected chi connectivity index (χ2v) is 3.59. The van der Waals surface area contributed by atoms with Crippen molar-refractivity contribution in [3.05, 3.63) is 29.8 Å². The summed E-state index contributed by atoms with van der Waals surface area (Å²) in [6, 6.07) is 7.52. The first kappa shape index (κ1) is 11.4. The van der Waals surface area contributed by atoms with Crippen LogP contribution in [-0.2, 0) is 5.33 Å². The van der Waals surface area contributed by atoms with Crippen LogP contribution in [0.4, 0.5) is 14.5 Å². The maximum atomic E-state index is 12.2. The molecule has 0 N–H and O–H groups in total. The van der Waals surface area contributed by atoms with Gasteiger partial charge in [-0.25, -0.2) is 8.78 Å². The van der Waals surface area contributed by atoms with E-state index in [0.29, 0.717) is 5.33 Å². The molecule has 0 heterocycles. The Hall–Kier alpha value is -0.640. The van der Waals surface area contributed by atoms with Crippen LogP contribution in [0.5, 0.6) is 0 Å².